The van der Waals surface area contributed by atoms with E-state index in [0.717, 1.165) is 11.3 Å². The Morgan fingerprint density at radius 3 is 2.60 bits per heavy atom. The number of pyridine rings is 1. The van der Waals surface area contributed by atoms with Crippen LogP contribution >= 0.6 is 0 Å². The lowest BCUT2D eigenvalue weighted by Gasteiger charge is -1.98. The van der Waals surface area contributed by atoms with Crippen LogP contribution in [0.2, 0.25) is 0 Å². The number of furan rings is 1. The normalized spacial score (nSPS) is 10.3. The van der Waals surface area contributed by atoms with Gasteiger partial charge in [-0.25, -0.2) is 0 Å². The molecule has 0 amide bonds. The van der Waals surface area contributed by atoms with Crippen molar-refractivity contribution in [1.82, 2.24) is 4.98 Å². The highest BCUT2D eigenvalue weighted by Crippen LogP contribution is 2.14. The fourth-order valence-corrected chi connectivity index (χ4v) is 1.34. The molecule has 0 saturated carbocycles. The SMILES string of the molecule is Cc1ccc(C(=O)c2occc2C)cn1. The van der Waals surface area contributed by atoms with Gasteiger partial charge in [0.05, 0.1) is 6.26 Å². The molecule has 0 unspecified atom stereocenters. The van der Waals surface area contributed by atoms with Gasteiger partial charge >= 0.3 is 0 Å². The van der Waals surface area contributed by atoms with Gasteiger partial charge in [-0.2, -0.15) is 0 Å². The van der Waals surface area contributed by atoms with Crippen LogP contribution in [0.25, 0.3) is 0 Å². The summed E-state index contributed by atoms with van der Waals surface area (Å²) in [6.45, 7) is 3.73. The molecule has 0 aliphatic heterocycles. The van der Waals surface area contributed by atoms with Gasteiger partial charge in [0.15, 0.2) is 5.76 Å². The summed E-state index contributed by atoms with van der Waals surface area (Å²) in [6.07, 6.45) is 3.09. The number of nitrogens with zero attached hydrogens (tertiary/aromatic N) is 1. The molecule has 0 bridgehead atoms. The summed E-state index contributed by atoms with van der Waals surface area (Å²) in [4.78, 5) is 16.0. The molecule has 2 aromatic rings. The molecule has 3 nitrogen and oxygen atoms in total. The maximum Gasteiger partial charge on any atom is 0.229 e. The summed E-state index contributed by atoms with van der Waals surface area (Å²) >= 11 is 0. The van der Waals surface area contributed by atoms with Crippen LogP contribution in [0, 0.1) is 13.8 Å². The smallest absolute Gasteiger partial charge is 0.229 e. The van der Waals surface area contributed by atoms with Crippen molar-refractivity contribution in [1.29, 1.82) is 0 Å². The van der Waals surface area contributed by atoms with E-state index in [1.165, 1.54) is 6.26 Å². The van der Waals surface area contributed by atoms with Gasteiger partial charge in [0, 0.05) is 17.5 Å². The number of rotatable bonds is 2. The first-order valence-corrected chi connectivity index (χ1v) is 4.70. The van der Waals surface area contributed by atoms with Crippen LogP contribution in [-0.4, -0.2) is 10.8 Å². The Labute approximate surface area is 87.8 Å². The fourth-order valence-electron chi connectivity index (χ4n) is 1.34. The van der Waals surface area contributed by atoms with Crippen molar-refractivity contribution in [2.45, 2.75) is 13.8 Å². The average Bonchev–Trinajstić information content (AvgIpc) is 2.65. The van der Waals surface area contributed by atoms with Crippen LogP contribution < -0.4 is 0 Å². The summed E-state index contributed by atoms with van der Waals surface area (Å²) in [7, 11) is 0. The molecular formula is C12H11NO2. The number of carbonyl (C=O) groups is 1. The van der Waals surface area contributed by atoms with Crippen LogP contribution in [0.5, 0.6) is 0 Å². The predicted molar refractivity (Wildman–Crippen MR) is 55.9 cm³/mol. The van der Waals surface area contributed by atoms with E-state index in [1.807, 2.05) is 19.9 Å². The van der Waals surface area contributed by atoms with E-state index in [1.54, 1.807) is 18.3 Å². The van der Waals surface area contributed by atoms with E-state index in [4.69, 9.17) is 4.42 Å². The van der Waals surface area contributed by atoms with Gasteiger partial charge in [-0.1, -0.05) is 0 Å². The zero-order valence-corrected chi connectivity index (χ0v) is 8.65. The molecule has 0 aromatic carbocycles. The minimum Gasteiger partial charge on any atom is -0.461 e. The minimum atomic E-state index is -0.120. The maximum absolute atomic E-state index is 11.9. The lowest BCUT2D eigenvalue weighted by atomic mass is 10.1. The molecule has 0 fully saturated rings. The molecule has 2 heterocycles. The van der Waals surface area contributed by atoms with E-state index in [-0.39, 0.29) is 5.78 Å². The minimum absolute atomic E-state index is 0.120. The van der Waals surface area contributed by atoms with Crippen molar-refractivity contribution in [2.75, 3.05) is 0 Å². The predicted octanol–water partition coefficient (Wildman–Crippen LogP) is 2.52. The standard InChI is InChI=1S/C12H11NO2/c1-8-5-6-15-12(8)11(14)10-4-3-9(2)13-7-10/h3-7H,1-2H3. The van der Waals surface area contributed by atoms with Gasteiger partial charge in [-0.05, 0) is 37.6 Å². The van der Waals surface area contributed by atoms with Gasteiger partial charge in [0.1, 0.15) is 0 Å². The Balaban J connectivity index is 2.37. The Kier molecular flexibility index (Phi) is 2.37. The Bertz CT molecular complexity index is 483. The van der Waals surface area contributed by atoms with Gasteiger partial charge in [0.25, 0.3) is 0 Å². The van der Waals surface area contributed by atoms with Crippen LogP contribution in [-0.2, 0) is 0 Å². The first kappa shape index (κ1) is 9.65. The Hall–Kier alpha value is -1.90. The van der Waals surface area contributed by atoms with Crippen molar-refractivity contribution in [3.63, 3.8) is 0 Å². The van der Waals surface area contributed by atoms with Crippen LogP contribution in [0.4, 0.5) is 0 Å². The second kappa shape index (κ2) is 3.69. The summed E-state index contributed by atoms with van der Waals surface area (Å²) < 4.78 is 5.13. The van der Waals surface area contributed by atoms with Crippen molar-refractivity contribution >= 4 is 5.78 Å². The fraction of sp³-hybridized carbons (Fsp3) is 0.167. The second-order valence-electron chi connectivity index (χ2n) is 3.45. The number of aromatic nitrogens is 1. The molecule has 2 rings (SSSR count). The number of hydrogen-bond donors (Lipinski definition) is 0. The highest BCUT2D eigenvalue weighted by Gasteiger charge is 2.14. The van der Waals surface area contributed by atoms with Crippen molar-refractivity contribution in [3.05, 3.63) is 53.2 Å². The summed E-state index contributed by atoms with van der Waals surface area (Å²) in [6, 6.07) is 5.34. The topological polar surface area (TPSA) is 43.1 Å². The summed E-state index contributed by atoms with van der Waals surface area (Å²) in [5.74, 6) is 0.269. The van der Waals surface area contributed by atoms with Crippen LogP contribution in [0.15, 0.2) is 35.1 Å². The molecule has 3 heteroatoms. The van der Waals surface area contributed by atoms with E-state index < -0.39 is 0 Å². The second-order valence-corrected chi connectivity index (χ2v) is 3.45. The molecule has 0 spiro atoms. The number of carbonyl (C=O) groups excluding carboxylic acids is 1. The molecule has 15 heavy (non-hydrogen) atoms. The number of ketones is 1. The first-order chi connectivity index (χ1) is 7.18. The highest BCUT2D eigenvalue weighted by atomic mass is 16.3. The number of hydrogen-bond acceptors (Lipinski definition) is 3. The monoisotopic (exact) mass is 201 g/mol. The average molecular weight is 201 g/mol. The number of aryl methyl sites for hydroxylation is 2. The highest BCUT2D eigenvalue weighted by molar-refractivity contribution is 6.07. The largest absolute Gasteiger partial charge is 0.461 e. The molecule has 2 aromatic heterocycles. The van der Waals surface area contributed by atoms with Crippen molar-refractivity contribution in [3.8, 4) is 0 Å². The van der Waals surface area contributed by atoms with E-state index in [0.29, 0.717) is 11.3 Å². The molecule has 76 valence electrons. The van der Waals surface area contributed by atoms with Crippen molar-refractivity contribution < 1.29 is 9.21 Å². The third-order valence-electron chi connectivity index (χ3n) is 2.24. The molecular weight excluding hydrogens is 190 g/mol. The quantitative estimate of drug-likeness (QED) is 0.701. The van der Waals surface area contributed by atoms with Gasteiger partial charge in [-0.15, -0.1) is 0 Å². The first-order valence-electron chi connectivity index (χ1n) is 4.70. The van der Waals surface area contributed by atoms with E-state index in [2.05, 4.69) is 4.98 Å². The van der Waals surface area contributed by atoms with Gasteiger partial charge in [-0.3, -0.25) is 9.78 Å². The van der Waals surface area contributed by atoms with Gasteiger partial charge in [0.2, 0.25) is 5.78 Å². The molecule has 0 aliphatic carbocycles. The third-order valence-corrected chi connectivity index (χ3v) is 2.24. The maximum atomic E-state index is 11.9. The Morgan fingerprint density at radius 1 is 1.27 bits per heavy atom. The molecule has 0 saturated heterocycles. The molecule has 0 atom stereocenters. The zero-order valence-electron chi connectivity index (χ0n) is 8.65. The zero-order chi connectivity index (χ0) is 10.8. The van der Waals surface area contributed by atoms with E-state index >= 15 is 0 Å². The molecule has 0 aliphatic rings. The van der Waals surface area contributed by atoms with Crippen LogP contribution in [0.3, 0.4) is 0 Å². The third kappa shape index (κ3) is 1.81. The lowest BCUT2D eigenvalue weighted by molar-refractivity contribution is 0.101. The lowest BCUT2D eigenvalue weighted by Crippen LogP contribution is -2.02. The van der Waals surface area contributed by atoms with Crippen LogP contribution in [0.1, 0.15) is 27.4 Å². The summed E-state index contributed by atoms with van der Waals surface area (Å²) in [5, 5.41) is 0. The van der Waals surface area contributed by atoms with Crippen molar-refractivity contribution in [2.24, 2.45) is 0 Å². The Morgan fingerprint density at radius 2 is 2.07 bits per heavy atom. The molecule has 0 N–H and O–H groups in total. The van der Waals surface area contributed by atoms with Gasteiger partial charge < -0.3 is 4.42 Å². The summed E-state index contributed by atoms with van der Waals surface area (Å²) in [5.41, 5.74) is 2.29. The molecule has 0 radical (unpaired) electrons. The van der Waals surface area contributed by atoms with E-state index in [9.17, 15) is 4.79 Å².